The first-order valence-corrected chi connectivity index (χ1v) is 8.95. The molecule has 0 aromatic rings. The Bertz CT molecular complexity index is 513. The minimum Gasteiger partial charge on any atom is -0.479 e. The third-order valence-corrected chi connectivity index (χ3v) is 4.81. The minimum absolute atomic E-state index is 0.132. The number of carbonyl (C=O) groups is 2. The van der Waals surface area contributed by atoms with Crippen LogP contribution < -0.4 is 0 Å². The van der Waals surface area contributed by atoms with Crippen molar-refractivity contribution >= 4 is 12.1 Å². The fraction of sp³-hybridized carbons (Fsp3) is 0.889. The van der Waals surface area contributed by atoms with E-state index in [9.17, 15) is 14.7 Å². The van der Waals surface area contributed by atoms with E-state index in [0.29, 0.717) is 39.0 Å². The van der Waals surface area contributed by atoms with Crippen molar-refractivity contribution in [1.82, 2.24) is 9.80 Å². The molecule has 0 aromatic carbocycles. The van der Waals surface area contributed by atoms with E-state index in [0.717, 1.165) is 0 Å². The van der Waals surface area contributed by atoms with E-state index in [1.165, 1.54) is 0 Å². The lowest BCUT2D eigenvalue weighted by atomic mass is 9.86. The number of hydrogen-bond acceptors (Lipinski definition) is 5. The Balaban J connectivity index is 2.06. The average molecular weight is 356 g/mol. The van der Waals surface area contributed by atoms with Crippen LogP contribution in [0.4, 0.5) is 4.79 Å². The Hall–Kier alpha value is -1.34. The number of likely N-dealkylation sites (tertiary alicyclic amines) is 1. The molecule has 0 aromatic heterocycles. The van der Waals surface area contributed by atoms with Gasteiger partial charge in [0.2, 0.25) is 0 Å². The van der Waals surface area contributed by atoms with Gasteiger partial charge in [-0.25, -0.2) is 9.59 Å². The second-order valence-electron chi connectivity index (χ2n) is 9.15. The van der Waals surface area contributed by atoms with E-state index in [2.05, 4.69) is 25.7 Å². The van der Waals surface area contributed by atoms with Gasteiger partial charge in [-0.15, -0.1) is 0 Å². The Kier molecular flexibility index (Phi) is 5.40. The van der Waals surface area contributed by atoms with Crippen molar-refractivity contribution in [2.75, 3.05) is 26.2 Å². The van der Waals surface area contributed by atoms with Gasteiger partial charge in [0.25, 0.3) is 0 Å². The van der Waals surface area contributed by atoms with Crippen molar-refractivity contribution in [3.63, 3.8) is 0 Å². The van der Waals surface area contributed by atoms with Crippen LogP contribution in [0, 0.1) is 0 Å². The Morgan fingerprint density at radius 2 is 1.68 bits per heavy atom. The van der Waals surface area contributed by atoms with E-state index < -0.39 is 23.3 Å². The van der Waals surface area contributed by atoms with Gasteiger partial charge in [-0.05, 0) is 54.4 Å². The van der Waals surface area contributed by atoms with Crippen LogP contribution in [-0.4, -0.2) is 76.0 Å². The second kappa shape index (κ2) is 6.76. The molecule has 1 amide bonds. The molecule has 2 saturated heterocycles. The van der Waals surface area contributed by atoms with Crippen molar-refractivity contribution in [3.05, 3.63) is 0 Å². The maximum absolute atomic E-state index is 12.2. The van der Waals surface area contributed by atoms with Crippen LogP contribution in [0.15, 0.2) is 0 Å². The van der Waals surface area contributed by atoms with Gasteiger partial charge in [-0.2, -0.15) is 0 Å². The Morgan fingerprint density at radius 3 is 2.12 bits per heavy atom. The van der Waals surface area contributed by atoms with Crippen LogP contribution in [-0.2, 0) is 14.3 Å². The number of rotatable bonds is 1. The predicted molar refractivity (Wildman–Crippen MR) is 93.6 cm³/mol. The van der Waals surface area contributed by atoms with Crippen LogP contribution in [0.25, 0.3) is 0 Å². The number of ether oxygens (including phenoxy) is 2. The number of nitrogens with zero attached hydrogens (tertiary/aromatic N) is 2. The lowest BCUT2D eigenvalue weighted by Crippen LogP contribution is -2.64. The van der Waals surface area contributed by atoms with E-state index >= 15 is 0 Å². The zero-order valence-corrected chi connectivity index (χ0v) is 16.3. The van der Waals surface area contributed by atoms with Crippen molar-refractivity contribution in [2.24, 2.45) is 0 Å². The maximum atomic E-state index is 12.2. The monoisotopic (exact) mass is 356 g/mol. The number of morpholine rings is 1. The van der Waals surface area contributed by atoms with Crippen molar-refractivity contribution in [2.45, 2.75) is 77.2 Å². The standard InChI is InChI=1S/C18H32N2O5/c1-16(2,3)20-11-13(14(21)22)24-18(12-20)7-9-19(10-8-18)15(23)25-17(4,5)6/h13H,7-12H2,1-6H3,(H,21,22)/t13-/m0/s1. The highest BCUT2D eigenvalue weighted by atomic mass is 16.6. The number of piperidine rings is 1. The molecular formula is C18H32N2O5. The number of amides is 1. The average Bonchev–Trinajstić information content (AvgIpc) is 2.44. The summed E-state index contributed by atoms with van der Waals surface area (Å²) in [6.45, 7) is 13.9. The largest absolute Gasteiger partial charge is 0.479 e. The summed E-state index contributed by atoms with van der Waals surface area (Å²) < 4.78 is 11.4. The third-order valence-electron chi connectivity index (χ3n) is 4.81. The molecule has 0 radical (unpaired) electrons. The summed E-state index contributed by atoms with van der Waals surface area (Å²) in [5.74, 6) is -0.928. The fourth-order valence-corrected chi connectivity index (χ4v) is 3.33. The van der Waals surface area contributed by atoms with Crippen molar-refractivity contribution in [3.8, 4) is 0 Å². The van der Waals surface area contributed by atoms with Crippen molar-refractivity contribution < 1.29 is 24.2 Å². The number of aliphatic carboxylic acids is 1. The molecule has 0 unspecified atom stereocenters. The molecule has 144 valence electrons. The van der Waals surface area contributed by atoms with Crippen LogP contribution >= 0.6 is 0 Å². The Morgan fingerprint density at radius 1 is 1.12 bits per heavy atom. The van der Waals surface area contributed by atoms with Gasteiger partial charge in [0.05, 0.1) is 5.60 Å². The predicted octanol–water partition coefficient (Wildman–Crippen LogP) is 2.34. The quantitative estimate of drug-likeness (QED) is 0.777. The highest BCUT2D eigenvalue weighted by molar-refractivity contribution is 5.73. The highest BCUT2D eigenvalue weighted by Gasteiger charge is 2.48. The topological polar surface area (TPSA) is 79.3 Å². The smallest absolute Gasteiger partial charge is 0.410 e. The molecule has 2 aliphatic heterocycles. The molecular weight excluding hydrogens is 324 g/mol. The van der Waals surface area contributed by atoms with Crippen LogP contribution in [0.2, 0.25) is 0 Å². The van der Waals surface area contributed by atoms with Gasteiger partial charge in [-0.1, -0.05) is 0 Å². The molecule has 1 N–H and O–H groups in total. The summed E-state index contributed by atoms with van der Waals surface area (Å²) in [5.41, 5.74) is -1.18. The number of carboxylic acid groups (broad SMARTS) is 1. The number of hydrogen-bond donors (Lipinski definition) is 1. The third kappa shape index (κ3) is 5.07. The summed E-state index contributed by atoms with van der Waals surface area (Å²) in [4.78, 5) is 27.7. The molecule has 0 aliphatic carbocycles. The second-order valence-corrected chi connectivity index (χ2v) is 9.15. The van der Waals surface area contributed by atoms with Crippen LogP contribution in [0.5, 0.6) is 0 Å². The first-order chi connectivity index (χ1) is 11.3. The molecule has 7 nitrogen and oxygen atoms in total. The van der Waals surface area contributed by atoms with E-state index in [4.69, 9.17) is 9.47 Å². The van der Waals surface area contributed by atoms with E-state index in [1.807, 2.05) is 20.8 Å². The zero-order chi connectivity index (χ0) is 19.0. The Labute approximate surface area is 150 Å². The van der Waals surface area contributed by atoms with Gasteiger partial charge in [0.15, 0.2) is 6.10 Å². The van der Waals surface area contributed by atoms with Gasteiger partial charge in [0.1, 0.15) is 5.60 Å². The van der Waals surface area contributed by atoms with E-state index in [1.54, 1.807) is 4.90 Å². The molecule has 25 heavy (non-hydrogen) atoms. The van der Waals surface area contributed by atoms with E-state index in [-0.39, 0.29) is 11.6 Å². The SMILES string of the molecule is CC(C)(C)OC(=O)N1CCC2(CC1)CN(C(C)(C)C)C[C@@H](C(=O)O)O2. The molecule has 0 saturated carbocycles. The minimum atomic E-state index is -0.928. The molecule has 2 aliphatic rings. The lowest BCUT2D eigenvalue weighted by molar-refractivity contribution is -0.203. The van der Waals surface area contributed by atoms with Gasteiger partial charge in [0, 0.05) is 31.7 Å². The molecule has 2 heterocycles. The van der Waals surface area contributed by atoms with Crippen molar-refractivity contribution in [1.29, 1.82) is 0 Å². The van der Waals surface area contributed by atoms with Gasteiger partial charge >= 0.3 is 12.1 Å². The van der Waals surface area contributed by atoms with Crippen LogP contribution in [0.1, 0.15) is 54.4 Å². The molecule has 1 atom stereocenters. The molecule has 2 rings (SSSR count). The van der Waals surface area contributed by atoms with Gasteiger partial charge < -0.3 is 19.5 Å². The summed E-state index contributed by atoms with van der Waals surface area (Å²) in [6, 6.07) is 0. The zero-order valence-electron chi connectivity index (χ0n) is 16.3. The van der Waals surface area contributed by atoms with Gasteiger partial charge in [-0.3, -0.25) is 4.90 Å². The summed E-state index contributed by atoms with van der Waals surface area (Å²) in [6.07, 6.45) is 0.0762. The summed E-state index contributed by atoms with van der Waals surface area (Å²) in [5, 5.41) is 9.47. The normalized spacial score (nSPS) is 25.0. The lowest BCUT2D eigenvalue weighted by Gasteiger charge is -2.52. The highest BCUT2D eigenvalue weighted by Crippen LogP contribution is 2.35. The number of carbonyl (C=O) groups excluding carboxylic acids is 1. The summed E-state index contributed by atoms with van der Waals surface area (Å²) in [7, 11) is 0. The molecule has 0 bridgehead atoms. The van der Waals surface area contributed by atoms with Crippen LogP contribution in [0.3, 0.4) is 0 Å². The first kappa shape index (κ1) is 20.0. The molecule has 2 fully saturated rings. The fourth-order valence-electron chi connectivity index (χ4n) is 3.33. The molecule has 7 heteroatoms. The summed E-state index contributed by atoms with van der Waals surface area (Å²) >= 11 is 0. The molecule has 1 spiro atoms. The maximum Gasteiger partial charge on any atom is 0.410 e. The first-order valence-electron chi connectivity index (χ1n) is 8.95. The number of carboxylic acids is 1.